The highest BCUT2D eigenvalue weighted by atomic mass is 35.5. The largest absolute Gasteiger partial charge is 0.356 e. The lowest BCUT2D eigenvalue weighted by molar-refractivity contribution is -0.128. The lowest BCUT2D eigenvalue weighted by atomic mass is 9.95. The molecule has 0 saturated heterocycles. The van der Waals surface area contributed by atoms with Crippen molar-refractivity contribution >= 4 is 28.5 Å². The summed E-state index contributed by atoms with van der Waals surface area (Å²) in [5.74, 6) is 0.327. The van der Waals surface area contributed by atoms with Gasteiger partial charge < -0.3 is 9.88 Å². The third kappa shape index (κ3) is 3.31. The Morgan fingerprint density at radius 1 is 1.40 bits per heavy atom. The molecule has 4 nitrogen and oxygen atoms in total. The predicted molar refractivity (Wildman–Crippen MR) is 81.9 cm³/mol. The van der Waals surface area contributed by atoms with Crippen LogP contribution < -0.4 is 5.32 Å². The molecule has 0 unspecified atom stereocenters. The lowest BCUT2D eigenvalue weighted by Crippen LogP contribution is -2.38. The molecule has 2 rings (SSSR count). The summed E-state index contributed by atoms with van der Waals surface area (Å²) < 4.78 is 2.11. The summed E-state index contributed by atoms with van der Waals surface area (Å²) in [6.07, 6.45) is 2.71. The van der Waals surface area contributed by atoms with Crippen molar-refractivity contribution in [2.24, 2.45) is 5.41 Å². The minimum Gasteiger partial charge on any atom is -0.356 e. The minimum absolute atomic E-state index is 0.00277. The van der Waals surface area contributed by atoms with E-state index >= 15 is 0 Å². The number of hydrogen-bond acceptors (Lipinski definition) is 2. The van der Waals surface area contributed by atoms with E-state index in [4.69, 9.17) is 11.6 Å². The Bertz CT molecular complexity index is 592. The highest BCUT2D eigenvalue weighted by molar-refractivity contribution is 6.19. The number of amides is 1. The number of halogens is 1. The zero-order valence-corrected chi connectivity index (χ0v) is 12.7. The molecule has 5 heteroatoms. The van der Waals surface area contributed by atoms with Crippen LogP contribution in [0.5, 0.6) is 0 Å². The van der Waals surface area contributed by atoms with Crippen LogP contribution in [0.25, 0.3) is 11.0 Å². The molecule has 1 aromatic carbocycles. The molecule has 20 heavy (non-hydrogen) atoms. The minimum atomic E-state index is -0.511. The SMILES string of the molecule is CC(C)(CCl)C(=O)NCCCn1cnc2ccccc21. The fraction of sp³-hybridized carbons (Fsp3) is 0.467. The number of hydrogen-bond donors (Lipinski definition) is 1. The van der Waals surface area contributed by atoms with Gasteiger partial charge in [0.25, 0.3) is 0 Å². The van der Waals surface area contributed by atoms with E-state index in [-0.39, 0.29) is 5.91 Å². The molecule has 0 aliphatic carbocycles. The highest BCUT2D eigenvalue weighted by Crippen LogP contribution is 2.16. The topological polar surface area (TPSA) is 46.9 Å². The number of imidazole rings is 1. The maximum Gasteiger partial charge on any atom is 0.226 e. The molecule has 0 aliphatic rings. The van der Waals surface area contributed by atoms with Gasteiger partial charge in [0.05, 0.1) is 22.8 Å². The van der Waals surface area contributed by atoms with Crippen LogP contribution in [0, 0.1) is 5.41 Å². The first kappa shape index (κ1) is 14.9. The van der Waals surface area contributed by atoms with E-state index in [1.54, 1.807) is 0 Å². The Morgan fingerprint density at radius 3 is 2.90 bits per heavy atom. The number of para-hydroxylation sites is 2. The van der Waals surface area contributed by atoms with Crippen LogP contribution in [0.15, 0.2) is 30.6 Å². The van der Waals surface area contributed by atoms with Gasteiger partial charge in [0.15, 0.2) is 0 Å². The molecule has 2 aromatic rings. The maximum atomic E-state index is 11.9. The number of carbonyl (C=O) groups excluding carboxylic acids is 1. The molecule has 0 fully saturated rings. The summed E-state index contributed by atoms with van der Waals surface area (Å²) in [7, 11) is 0. The second-order valence-electron chi connectivity index (χ2n) is 5.55. The first-order chi connectivity index (χ1) is 9.54. The average Bonchev–Trinajstić information content (AvgIpc) is 2.86. The molecule has 108 valence electrons. The Balaban J connectivity index is 1.83. The number of benzene rings is 1. The van der Waals surface area contributed by atoms with Crippen LogP contribution in [-0.2, 0) is 11.3 Å². The molecule has 1 heterocycles. The van der Waals surface area contributed by atoms with E-state index in [2.05, 4.69) is 20.9 Å². The Morgan fingerprint density at radius 2 is 2.15 bits per heavy atom. The monoisotopic (exact) mass is 293 g/mol. The predicted octanol–water partition coefficient (Wildman–Crippen LogP) is 2.81. The van der Waals surface area contributed by atoms with Crippen molar-refractivity contribution in [2.75, 3.05) is 12.4 Å². The summed E-state index contributed by atoms with van der Waals surface area (Å²) in [6.45, 7) is 5.17. The zero-order valence-electron chi connectivity index (χ0n) is 11.9. The van der Waals surface area contributed by atoms with Crippen molar-refractivity contribution in [1.82, 2.24) is 14.9 Å². The van der Waals surface area contributed by atoms with Gasteiger partial charge in [-0.25, -0.2) is 4.98 Å². The number of aryl methyl sites for hydroxylation is 1. The quantitative estimate of drug-likeness (QED) is 0.657. The first-order valence-corrected chi connectivity index (χ1v) is 7.32. The van der Waals surface area contributed by atoms with Gasteiger partial charge in [-0.15, -0.1) is 11.6 Å². The molecule has 0 bridgehead atoms. The van der Waals surface area contributed by atoms with E-state index in [9.17, 15) is 4.79 Å². The molecule has 0 saturated carbocycles. The number of alkyl halides is 1. The molecule has 1 amide bonds. The van der Waals surface area contributed by atoms with Gasteiger partial charge in [0.2, 0.25) is 5.91 Å². The number of fused-ring (bicyclic) bond motifs is 1. The smallest absolute Gasteiger partial charge is 0.226 e. The van der Waals surface area contributed by atoms with Crippen LogP contribution in [0.2, 0.25) is 0 Å². The zero-order chi connectivity index (χ0) is 14.6. The van der Waals surface area contributed by atoms with Crippen molar-refractivity contribution < 1.29 is 4.79 Å². The van der Waals surface area contributed by atoms with Crippen LogP contribution in [0.1, 0.15) is 20.3 Å². The Labute approximate surface area is 124 Å². The molecule has 0 radical (unpaired) electrons. The molecule has 1 N–H and O–H groups in total. The second kappa shape index (κ2) is 6.27. The van der Waals surface area contributed by atoms with Crippen LogP contribution in [0.3, 0.4) is 0 Å². The number of nitrogens with one attached hydrogen (secondary N) is 1. The molecular formula is C15H20ClN3O. The molecule has 1 aromatic heterocycles. The van der Waals surface area contributed by atoms with E-state index in [0.29, 0.717) is 12.4 Å². The fourth-order valence-corrected chi connectivity index (χ4v) is 2.06. The first-order valence-electron chi connectivity index (χ1n) is 6.79. The highest BCUT2D eigenvalue weighted by Gasteiger charge is 2.25. The van der Waals surface area contributed by atoms with E-state index in [0.717, 1.165) is 24.0 Å². The maximum absolute atomic E-state index is 11.9. The second-order valence-corrected chi connectivity index (χ2v) is 5.82. The van der Waals surface area contributed by atoms with Crippen LogP contribution in [-0.4, -0.2) is 27.9 Å². The molecule has 0 atom stereocenters. The number of nitrogens with zero attached hydrogens (tertiary/aromatic N) is 2. The van der Waals surface area contributed by atoms with E-state index in [1.807, 2.05) is 38.4 Å². The van der Waals surface area contributed by atoms with Gasteiger partial charge in [-0.1, -0.05) is 12.1 Å². The van der Waals surface area contributed by atoms with Crippen molar-refractivity contribution in [3.05, 3.63) is 30.6 Å². The van der Waals surface area contributed by atoms with Crippen LogP contribution in [0.4, 0.5) is 0 Å². The van der Waals surface area contributed by atoms with Gasteiger partial charge in [0, 0.05) is 19.0 Å². The standard InChI is InChI=1S/C15H20ClN3O/c1-15(2,10-16)14(20)17-8-5-9-19-11-18-12-6-3-4-7-13(12)19/h3-4,6-7,11H,5,8-10H2,1-2H3,(H,17,20). The number of rotatable bonds is 6. The molecule has 0 spiro atoms. The van der Waals surface area contributed by atoms with Gasteiger partial charge >= 0.3 is 0 Å². The fourth-order valence-electron chi connectivity index (χ4n) is 1.94. The normalized spacial score (nSPS) is 11.8. The summed E-state index contributed by atoms with van der Waals surface area (Å²) in [5.41, 5.74) is 1.61. The number of carbonyl (C=O) groups is 1. The summed E-state index contributed by atoms with van der Waals surface area (Å²) in [5, 5.41) is 2.93. The van der Waals surface area contributed by atoms with Crippen molar-refractivity contribution in [1.29, 1.82) is 0 Å². The summed E-state index contributed by atoms with van der Waals surface area (Å²) in [4.78, 5) is 16.2. The Hall–Kier alpha value is -1.55. The Kier molecular flexibility index (Phi) is 4.65. The van der Waals surface area contributed by atoms with E-state index in [1.165, 1.54) is 0 Å². The van der Waals surface area contributed by atoms with Gasteiger partial charge in [-0.2, -0.15) is 0 Å². The summed E-state index contributed by atoms with van der Waals surface area (Å²) in [6, 6.07) is 8.04. The van der Waals surface area contributed by atoms with E-state index < -0.39 is 5.41 Å². The third-order valence-corrected chi connectivity index (χ3v) is 4.01. The van der Waals surface area contributed by atoms with Gasteiger partial charge in [0.1, 0.15) is 0 Å². The average molecular weight is 294 g/mol. The lowest BCUT2D eigenvalue weighted by Gasteiger charge is -2.20. The van der Waals surface area contributed by atoms with Crippen molar-refractivity contribution in [2.45, 2.75) is 26.8 Å². The van der Waals surface area contributed by atoms with Crippen molar-refractivity contribution in [3.63, 3.8) is 0 Å². The third-order valence-electron chi connectivity index (χ3n) is 3.34. The van der Waals surface area contributed by atoms with Gasteiger partial charge in [-0.3, -0.25) is 4.79 Å². The van der Waals surface area contributed by atoms with Gasteiger partial charge in [-0.05, 0) is 32.4 Å². The van der Waals surface area contributed by atoms with Crippen LogP contribution >= 0.6 is 11.6 Å². The molecule has 0 aliphatic heterocycles. The van der Waals surface area contributed by atoms with Crippen molar-refractivity contribution in [3.8, 4) is 0 Å². The molecular weight excluding hydrogens is 274 g/mol. The summed E-state index contributed by atoms with van der Waals surface area (Å²) >= 11 is 5.77. The number of aromatic nitrogens is 2.